The topological polar surface area (TPSA) is 0 Å². The summed E-state index contributed by atoms with van der Waals surface area (Å²) in [6.45, 7) is 8.67. The minimum absolute atomic E-state index is 0.816. The zero-order valence-corrected chi connectivity index (χ0v) is 10.8. The molecular weight excluding hydrogens is 200 g/mol. The predicted octanol–water partition coefficient (Wildman–Crippen LogP) is 4.47. The van der Waals surface area contributed by atoms with Gasteiger partial charge < -0.3 is 0 Å². The molecule has 15 heavy (non-hydrogen) atoms. The van der Waals surface area contributed by atoms with Crippen molar-refractivity contribution in [2.75, 3.05) is 0 Å². The normalized spacial score (nSPS) is 51.3. The maximum absolute atomic E-state index is 4.07. The Morgan fingerprint density at radius 3 is 2.73 bits per heavy atom. The van der Waals surface area contributed by atoms with Crippen molar-refractivity contribution in [1.29, 1.82) is 0 Å². The van der Waals surface area contributed by atoms with Crippen LogP contribution in [0.25, 0.3) is 0 Å². The van der Waals surface area contributed by atoms with E-state index in [0.717, 1.165) is 28.4 Å². The van der Waals surface area contributed by atoms with Gasteiger partial charge in [-0.2, -0.15) is 0 Å². The van der Waals surface area contributed by atoms with Gasteiger partial charge in [-0.1, -0.05) is 13.5 Å². The van der Waals surface area contributed by atoms with Gasteiger partial charge in [0.25, 0.3) is 0 Å². The van der Waals surface area contributed by atoms with E-state index >= 15 is 0 Å². The van der Waals surface area contributed by atoms with Gasteiger partial charge in [-0.15, -0.1) is 11.8 Å². The Bertz CT molecular complexity index is 296. The summed E-state index contributed by atoms with van der Waals surface area (Å²) in [5.41, 5.74) is 0.816. The summed E-state index contributed by atoms with van der Waals surface area (Å²) in [6.07, 6.45) is 7.58. The molecule has 3 aliphatic carbocycles. The van der Waals surface area contributed by atoms with Crippen LogP contribution in [0.1, 0.15) is 46.0 Å². The summed E-state index contributed by atoms with van der Waals surface area (Å²) in [4.78, 5) is 1.33. The second-order valence-electron chi connectivity index (χ2n) is 6.01. The number of thioether (sulfide) groups is 1. The van der Waals surface area contributed by atoms with E-state index in [9.17, 15) is 0 Å². The van der Waals surface area contributed by atoms with Gasteiger partial charge in [0.05, 0.1) is 0 Å². The molecule has 0 heterocycles. The molecule has 0 aliphatic heterocycles. The minimum Gasteiger partial charge on any atom is -0.128 e. The summed E-state index contributed by atoms with van der Waals surface area (Å²) < 4.78 is 0. The summed E-state index contributed by atoms with van der Waals surface area (Å²) >= 11 is 2.08. The van der Waals surface area contributed by atoms with Crippen LogP contribution < -0.4 is 0 Å². The fraction of sp³-hybridized carbons (Fsp3) is 0.857. The van der Waals surface area contributed by atoms with Crippen LogP contribution in [0.4, 0.5) is 0 Å². The van der Waals surface area contributed by atoms with Crippen LogP contribution in [0, 0.1) is 23.2 Å². The highest BCUT2D eigenvalue weighted by molar-refractivity contribution is 8.03. The molecule has 3 rings (SSSR count). The van der Waals surface area contributed by atoms with Gasteiger partial charge in [0.15, 0.2) is 0 Å². The lowest BCUT2D eigenvalue weighted by atomic mass is 9.51. The SMILES string of the molecule is C=C(C)SC1CC2CC3CC1CC32CC. The van der Waals surface area contributed by atoms with E-state index in [4.69, 9.17) is 0 Å². The molecule has 0 amide bonds. The van der Waals surface area contributed by atoms with Gasteiger partial charge in [-0.3, -0.25) is 0 Å². The molecule has 0 aromatic rings. The first-order chi connectivity index (χ1) is 7.15. The first-order valence-corrected chi connectivity index (χ1v) is 7.36. The fourth-order valence-corrected chi connectivity index (χ4v) is 6.04. The summed E-state index contributed by atoms with van der Waals surface area (Å²) in [5.74, 6) is 3.20. The van der Waals surface area contributed by atoms with Crippen molar-refractivity contribution in [1.82, 2.24) is 0 Å². The van der Waals surface area contributed by atoms with Crippen molar-refractivity contribution in [3.8, 4) is 0 Å². The Hall–Kier alpha value is 0.0900. The second-order valence-corrected chi connectivity index (χ2v) is 7.55. The van der Waals surface area contributed by atoms with Crippen LogP contribution in [0.15, 0.2) is 11.5 Å². The minimum atomic E-state index is 0.816. The molecule has 2 bridgehead atoms. The smallest absolute Gasteiger partial charge is 0.0122 e. The van der Waals surface area contributed by atoms with Gasteiger partial charge in [0.2, 0.25) is 0 Å². The van der Waals surface area contributed by atoms with Crippen LogP contribution in [0.5, 0.6) is 0 Å². The molecule has 0 N–H and O–H groups in total. The zero-order valence-electron chi connectivity index (χ0n) is 9.96. The highest BCUT2D eigenvalue weighted by atomic mass is 32.2. The second kappa shape index (κ2) is 3.29. The number of rotatable bonds is 3. The lowest BCUT2D eigenvalue weighted by Crippen LogP contribution is -2.48. The Morgan fingerprint density at radius 2 is 2.07 bits per heavy atom. The molecule has 3 saturated carbocycles. The van der Waals surface area contributed by atoms with Crippen LogP contribution in [0.2, 0.25) is 0 Å². The summed E-state index contributed by atoms with van der Waals surface area (Å²) in [7, 11) is 0. The molecule has 0 radical (unpaired) electrons. The van der Waals surface area contributed by atoms with Gasteiger partial charge in [-0.05, 0) is 67.1 Å². The lowest BCUT2D eigenvalue weighted by molar-refractivity contribution is -0.0446. The summed E-state index contributed by atoms with van der Waals surface area (Å²) in [6, 6.07) is 0. The quantitative estimate of drug-likeness (QED) is 0.679. The van der Waals surface area contributed by atoms with Crippen molar-refractivity contribution in [3.05, 3.63) is 11.5 Å². The lowest BCUT2D eigenvalue weighted by Gasteiger charge is -2.55. The summed E-state index contributed by atoms with van der Waals surface area (Å²) in [5, 5.41) is 0.916. The first-order valence-electron chi connectivity index (χ1n) is 6.48. The molecule has 3 fully saturated rings. The molecule has 1 heteroatoms. The Balaban J connectivity index is 1.78. The van der Waals surface area contributed by atoms with Crippen LogP contribution >= 0.6 is 11.8 Å². The Labute approximate surface area is 97.9 Å². The maximum Gasteiger partial charge on any atom is 0.0122 e. The predicted molar refractivity (Wildman–Crippen MR) is 67.9 cm³/mol. The van der Waals surface area contributed by atoms with E-state index in [0.29, 0.717) is 0 Å². The third-order valence-corrected chi connectivity index (χ3v) is 6.76. The molecule has 0 saturated heterocycles. The zero-order chi connectivity index (χ0) is 10.6. The van der Waals surface area contributed by atoms with Crippen LogP contribution in [-0.4, -0.2) is 5.25 Å². The van der Waals surface area contributed by atoms with Crippen molar-refractivity contribution < 1.29 is 0 Å². The van der Waals surface area contributed by atoms with Crippen molar-refractivity contribution in [2.24, 2.45) is 23.2 Å². The molecule has 5 unspecified atom stereocenters. The molecule has 0 nitrogen and oxygen atoms in total. The Kier molecular flexibility index (Phi) is 2.25. The van der Waals surface area contributed by atoms with Crippen molar-refractivity contribution in [3.63, 3.8) is 0 Å². The number of hydrogen-bond acceptors (Lipinski definition) is 1. The van der Waals surface area contributed by atoms with E-state index in [1.165, 1.54) is 24.2 Å². The molecular formula is C14H22S. The van der Waals surface area contributed by atoms with Gasteiger partial charge in [0.1, 0.15) is 0 Å². The Morgan fingerprint density at radius 1 is 1.33 bits per heavy atom. The molecule has 0 spiro atoms. The third kappa shape index (κ3) is 1.28. The number of fused-ring (bicyclic) bond motifs is 1. The van der Waals surface area contributed by atoms with Crippen molar-refractivity contribution >= 4 is 11.8 Å². The monoisotopic (exact) mass is 222 g/mol. The largest absolute Gasteiger partial charge is 0.128 e. The third-order valence-electron chi connectivity index (χ3n) is 5.48. The molecule has 84 valence electrons. The van der Waals surface area contributed by atoms with E-state index in [2.05, 4.69) is 32.2 Å². The highest BCUT2D eigenvalue weighted by Crippen LogP contribution is 2.71. The molecule has 3 aliphatic rings. The van der Waals surface area contributed by atoms with Crippen LogP contribution in [-0.2, 0) is 0 Å². The maximum atomic E-state index is 4.07. The van der Waals surface area contributed by atoms with Crippen LogP contribution in [0.3, 0.4) is 0 Å². The van der Waals surface area contributed by atoms with E-state index in [-0.39, 0.29) is 0 Å². The fourth-order valence-electron chi connectivity index (χ4n) is 4.80. The van der Waals surface area contributed by atoms with Gasteiger partial charge >= 0.3 is 0 Å². The molecule has 5 atom stereocenters. The average molecular weight is 222 g/mol. The molecule has 0 aromatic heterocycles. The van der Waals surface area contributed by atoms with Crippen molar-refractivity contribution in [2.45, 2.75) is 51.2 Å². The van der Waals surface area contributed by atoms with E-state index in [1.54, 1.807) is 12.8 Å². The van der Waals surface area contributed by atoms with E-state index < -0.39 is 0 Å². The first kappa shape index (κ1) is 10.3. The highest BCUT2D eigenvalue weighted by Gasteiger charge is 2.63. The number of allylic oxidation sites excluding steroid dienone is 1. The van der Waals surface area contributed by atoms with Gasteiger partial charge in [-0.25, -0.2) is 0 Å². The number of hydrogen-bond donors (Lipinski definition) is 0. The molecule has 0 aromatic carbocycles. The van der Waals surface area contributed by atoms with E-state index in [1.807, 2.05) is 0 Å². The average Bonchev–Trinajstić information content (AvgIpc) is 2.31. The standard InChI is InChI=1S/C14H22S/c1-4-14-8-10-5-11(14)6-12(14)7-13(10)15-9(2)3/h10-13H,2,4-8H2,1,3H3. The van der Waals surface area contributed by atoms with Gasteiger partial charge in [0, 0.05) is 5.25 Å².